The number of aromatic nitrogens is 2. The molecule has 0 fully saturated rings. The molecule has 6 nitrogen and oxygen atoms in total. The number of nitrogens with one attached hydrogen (secondary N) is 1. The lowest BCUT2D eigenvalue weighted by Gasteiger charge is -2.07. The molecule has 0 atom stereocenters. The van der Waals surface area contributed by atoms with Crippen LogP contribution in [0.4, 0.5) is 5.69 Å². The van der Waals surface area contributed by atoms with Gasteiger partial charge in [0.25, 0.3) is 5.91 Å². The van der Waals surface area contributed by atoms with Crippen molar-refractivity contribution in [2.24, 2.45) is 0 Å². The van der Waals surface area contributed by atoms with E-state index in [2.05, 4.69) is 15.5 Å². The Kier molecular flexibility index (Phi) is 4.61. The summed E-state index contributed by atoms with van der Waals surface area (Å²) in [5.74, 6) is 1.01. The van der Waals surface area contributed by atoms with Crippen molar-refractivity contribution in [2.45, 2.75) is 0 Å². The van der Waals surface area contributed by atoms with E-state index in [0.717, 1.165) is 5.56 Å². The predicted molar refractivity (Wildman–Crippen MR) is 101 cm³/mol. The van der Waals surface area contributed by atoms with Crippen molar-refractivity contribution < 1.29 is 14.1 Å². The second kappa shape index (κ2) is 7.53. The van der Waals surface area contributed by atoms with Gasteiger partial charge in [0.15, 0.2) is 0 Å². The molecular formula is C21H15N3O3. The van der Waals surface area contributed by atoms with Crippen LogP contribution in [-0.2, 0) is 0 Å². The van der Waals surface area contributed by atoms with E-state index in [1.807, 2.05) is 30.3 Å². The van der Waals surface area contributed by atoms with Gasteiger partial charge in [0.2, 0.25) is 5.76 Å². The molecule has 0 unspecified atom stereocenters. The fraction of sp³-hybridized carbons (Fsp3) is 0. The molecule has 0 saturated carbocycles. The number of hydrogen-bond acceptors (Lipinski definition) is 5. The zero-order valence-corrected chi connectivity index (χ0v) is 14.2. The SMILES string of the molecule is O=C(Nc1cccc(Oc2ccncc2)c1)c1cc(-c2ccccc2)no1. The van der Waals surface area contributed by atoms with Crippen LogP contribution in [0.5, 0.6) is 11.5 Å². The van der Waals surface area contributed by atoms with Crippen LogP contribution in [0.3, 0.4) is 0 Å². The molecule has 4 rings (SSSR count). The molecule has 0 aliphatic heterocycles. The number of anilines is 1. The standard InChI is InChI=1S/C21H15N3O3/c25-21(20-14-19(24-27-20)15-5-2-1-3-6-15)23-16-7-4-8-18(13-16)26-17-9-11-22-12-10-17/h1-14H,(H,23,25). The third-order valence-electron chi connectivity index (χ3n) is 3.78. The maximum Gasteiger partial charge on any atom is 0.294 e. The number of rotatable bonds is 5. The maximum atomic E-state index is 12.4. The van der Waals surface area contributed by atoms with Gasteiger partial charge < -0.3 is 14.6 Å². The molecule has 0 saturated heterocycles. The summed E-state index contributed by atoms with van der Waals surface area (Å²) in [4.78, 5) is 16.4. The number of hydrogen-bond donors (Lipinski definition) is 1. The van der Waals surface area contributed by atoms with Crippen molar-refractivity contribution >= 4 is 11.6 Å². The minimum Gasteiger partial charge on any atom is -0.457 e. The molecule has 0 radical (unpaired) electrons. The molecule has 0 spiro atoms. The average Bonchev–Trinajstić information content (AvgIpc) is 3.20. The zero-order valence-electron chi connectivity index (χ0n) is 14.2. The lowest BCUT2D eigenvalue weighted by molar-refractivity contribution is 0.0988. The van der Waals surface area contributed by atoms with E-state index >= 15 is 0 Å². The molecule has 1 N–H and O–H groups in total. The van der Waals surface area contributed by atoms with Crippen molar-refractivity contribution in [1.82, 2.24) is 10.1 Å². The van der Waals surface area contributed by atoms with Crippen LogP contribution in [0.2, 0.25) is 0 Å². The molecule has 0 aliphatic rings. The summed E-state index contributed by atoms with van der Waals surface area (Å²) in [5, 5.41) is 6.74. The number of carbonyl (C=O) groups is 1. The Bertz CT molecular complexity index is 1050. The number of amides is 1. The summed E-state index contributed by atoms with van der Waals surface area (Å²) in [5.41, 5.74) is 2.08. The summed E-state index contributed by atoms with van der Waals surface area (Å²) >= 11 is 0. The van der Waals surface area contributed by atoms with Gasteiger partial charge in [-0.2, -0.15) is 0 Å². The van der Waals surface area contributed by atoms with Gasteiger partial charge >= 0.3 is 0 Å². The first-order chi connectivity index (χ1) is 13.3. The molecule has 132 valence electrons. The van der Waals surface area contributed by atoms with Crippen LogP contribution in [0.1, 0.15) is 10.6 Å². The lowest BCUT2D eigenvalue weighted by atomic mass is 10.1. The van der Waals surface area contributed by atoms with Gasteiger partial charge in [-0.3, -0.25) is 9.78 Å². The summed E-state index contributed by atoms with van der Waals surface area (Å²) in [6, 6.07) is 21.7. The Labute approximate surface area is 155 Å². The van der Waals surface area contributed by atoms with E-state index in [9.17, 15) is 4.79 Å². The van der Waals surface area contributed by atoms with E-state index in [1.165, 1.54) is 0 Å². The fourth-order valence-electron chi connectivity index (χ4n) is 2.50. The van der Waals surface area contributed by atoms with Crippen molar-refractivity contribution in [3.63, 3.8) is 0 Å². The highest BCUT2D eigenvalue weighted by Crippen LogP contribution is 2.24. The normalized spacial score (nSPS) is 10.4. The van der Waals surface area contributed by atoms with Gasteiger partial charge in [-0.25, -0.2) is 0 Å². The van der Waals surface area contributed by atoms with Crippen LogP contribution in [0.15, 0.2) is 89.7 Å². The van der Waals surface area contributed by atoms with Gasteiger partial charge in [0.1, 0.15) is 17.2 Å². The number of carbonyl (C=O) groups excluding carboxylic acids is 1. The van der Waals surface area contributed by atoms with Gasteiger partial charge in [-0.05, 0) is 24.3 Å². The summed E-state index contributed by atoms with van der Waals surface area (Å²) in [6.07, 6.45) is 3.30. The maximum absolute atomic E-state index is 12.4. The van der Waals surface area contributed by atoms with E-state index in [0.29, 0.717) is 22.9 Å². The van der Waals surface area contributed by atoms with Crippen molar-refractivity contribution in [3.8, 4) is 22.8 Å². The molecule has 0 aliphatic carbocycles. The predicted octanol–water partition coefficient (Wildman–Crippen LogP) is 4.78. The molecule has 2 aromatic carbocycles. The molecule has 6 heteroatoms. The summed E-state index contributed by atoms with van der Waals surface area (Å²) < 4.78 is 10.9. The molecular weight excluding hydrogens is 342 g/mol. The second-order valence-electron chi connectivity index (χ2n) is 5.71. The minimum atomic E-state index is -0.384. The molecule has 1 amide bonds. The highest BCUT2D eigenvalue weighted by molar-refractivity contribution is 6.02. The van der Waals surface area contributed by atoms with Gasteiger partial charge in [0, 0.05) is 35.8 Å². The van der Waals surface area contributed by atoms with Crippen molar-refractivity contribution in [2.75, 3.05) is 5.32 Å². The van der Waals surface area contributed by atoms with Crippen LogP contribution in [0.25, 0.3) is 11.3 Å². The Morgan fingerprint density at radius 2 is 1.70 bits per heavy atom. The Morgan fingerprint density at radius 1 is 0.889 bits per heavy atom. The van der Waals surface area contributed by atoms with Crippen molar-refractivity contribution in [1.29, 1.82) is 0 Å². The monoisotopic (exact) mass is 357 g/mol. The summed E-state index contributed by atoms with van der Waals surface area (Å²) in [7, 11) is 0. The number of ether oxygens (including phenoxy) is 1. The largest absolute Gasteiger partial charge is 0.457 e. The Morgan fingerprint density at radius 3 is 2.52 bits per heavy atom. The fourth-order valence-corrected chi connectivity index (χ4v) is 2.50. The zero-order chi connectivity index (χ0) is 18.5. The first kappa shape index (κ1) is 16.5. The highest BCUT2D eigenvalue weighted by Gasteiger charge is 2.14. The smallest absolute Gasteiger partial charge is 0.294 e. The molecule has 2 heterocycles. The second-order valence-corrected chi connectivity index (χ2v) is 5.71. The number of nitrogens with zero attached hydrogens (tertiary/aromatic N) is 2. The molecule has 2 aromatic heterocycles. The van der Waals surface area contributed by atoms with E-state index in [1.54, 1.807) is 54.9 Å². The lowest BCUT2D eigenvalue weighted by Crippen LogP contribution is -2.10. The van der Waals surface area contributed by atoms with Crippen LogP contribution in [-0.4, -0.2) is 16.0 Å². The number of pyridine rings is 1. The van der Waals surface area contributed by atoms with E-state index < -0.39 is 0 Å². The first-order valence-electron chi connectivity index (χ1n) is 8.29. The molecule has 0 bridgehead atoms. The first-order valence-corrected chi connectivity index (χ1v) is 8.29. The third kappa shape index (κ3) is 4.01. The molecule has 27 heavy (non-hydrogen) atoms. The number of benzene rings is 2. The van der Waals surface area contributed by atoms with E-state index in [-0.39, 0.29) is 11.7 Å². The van der Waals surface area contributed by atoms with Crippen LogP contribution >= 0.6 is 0 Å². The topological polar surface area (TPSA) is 77.2 Å². The average molecular weight is 357 g/mol. The third-order valence-corrected chi connectivity index (χ3v) is 3.78. The Hall–Kier alpha value is -3.93. The quantitative estimate of drug-likeness (QED) is 0.556. The van der Waals surface area contributed by atoms with Crippen LogP contribution in [0, 0.1) is 0 Å². The van der Waals surface area contributed by atoms with Gasteiger partial charge in [-0.15, -0.1) is 0 Å². The molecule has 4 aromatic rings. The highest BCUT2D eigenvalue weighted by atomic mass is 16.5. The van der Waals surface area contributed by atoms with Gasteiger partial charge in [-0.1, -0.05) is 41.6 Å². The Balaban J connectivity index is 1.47. The minimum absolute atomic E-state index is 0.134. The van der Waals surface area contributed by atoms with Crippen LogP contribution < -0.4 is 10.1 Å². The van der Waals surface area contributed by atoms with Gasteiger partial charge in [0.05, 0.1) is 0 Å². The van der Waals surface area contributed by atoms with E-state index in [4.69, 9.17) is 9.26 Å². The summed E-state index contributed by atoms with van der Waals surface area (Å²) in [6.45, 7) is 0. The van der Waals surface area contributed by atoms with Crippen molar-refractivity contribution in [3.05, 3.63) is 91.0 Å².